The minimum absolute atomic E-state index is 0.0745. The summed E-state index contributed by atoms with van der Waals surface area (Å²) in [5, 5.41) is 11.0. The molecular formula is C13H15NO4S. The van der Waals surface area contributed by atoms with Gasteiger partial charge in [0.05, 0.1) is 13.0 Å². The SMILES string of the molecule is COc1ccsc1C(=O)N1C2CCC1C(C(=O)O)C2. The van der Waals surface area contributed by atoms with Crippen LogP contribution < -0.4 is 4.74 Å². The zero-order chi connectivity index (χ0) is 13.6. The van der Waals surface area contributed by atoms with Crippen molar-refractivity contribution in [1.82, 2.24) is 4.90 Å². The number of carbonyl (C=O) groups excluding carboxylic acids is 1. The fourth-order valence-electron chi connectivity index (χ4n) is 3.30. The highest BCUT2D eigenvalue weighted by atomic mass is 32.1. The van der Waals surface area contributed by atoms with Gasteiger partial charge < -0.3 is 14.7 Å². The molecule has 6 heteroatoms. The van der Waals surface area contributed by atoms with Gasteiger partial charge in [0.2, 0.25) is 0 Å². The first-order valence-corrected chi connectivity index (χ1v) is 7.18. The molecule has 0 aromatic carbocycles. The van der Waals surface area contributed by atoms with Crippen LogP contribution in [0.25, 0.3) is 0 Å². The molecule has 2 bridgehead atoms. The fourth-order valence-corrected chi connectivity index (χ4v) is 4.10. The lowest BCUT2D eigenvalue weighted by atomic mass is 9.89. The summed E-state index contributed by atoms with van der Waals surface area (Å²) in [6.07, 6.45) is 2.29. The van der Waals surface area contributed by atoms with Gasteiger partial charge in [0.1, 0.15) is 10.6 Å². The second-order valence-corrected chi connectivity index (χ2v) is 5.93. The quantitative estimate of drug-likeness (QED) is 0.918. The topological polar surface area (TPSA) is 66.8 Å². The predicted molar refractivity (Wildman–Crippen MR) is 69.6 cm³/mol. The Morgan fingerprint density at radius 1 is 1.47 bits per heavy atom. The number of fused-ring (bicyclic) bond motifs is 2. The molecule has 2 fully saturated rings. The highest BCUT2D eigenvalue weighted by Gasteiger charge is 2.51. The highest BCUT2D eigenvalue weighted by Crippen LogP contribution is 2.43. The van der Waals surface area contributed by atoms with Crippen LogP contribution in [0.2, 0.25) is 0 Å². The van der Waals surface area contributed by atoms with Crippen LogP contribution in [0.3, 0.4) is 0 Å². The lowest BCUT2D eigenvalue weighted by Gasteiger charge is -2.22. The van der Waals surface area contributed by atoms with Gasteiger partial charge in [-0.1, -0.05) is 0 Å². The Kier molecular flexibility index (Phi) is 2.97. The van der Waals surface area contributed by atoms with Crippen molar-refractivity contribution in [3.63, 3.8) is 0 Å². The summed E-state index contributed by atoms with van der Waals surface area (Å²) < 4.78 is 5.18. The highest BCUT2D eigenvalue weighted by molar-refractivity contribution is 7.12. The molecule has 1 aromatic rings. The summed E-state index contributed by atoms with van der Waals surface area (Å²) in [6.45, 7) is 0. The number of hydrogen-bond donors (Lipinski definition) is 1. The standard InChI is InChI=1S/C13H15NO4S/c1-18-10-4-5-19-11(10)12(15)14-7-2-3-9(14)8(6-7)13(16)17/h4-5,7-9H,2-3,6H2,1H3,(H,16,17). The van der Waals surface area contributed by atoms with Crippen molar-refractivity contribution in [2.45, 2.75) is 31.3 Å². The van der Waals surface area contributed by atoms with Gasteiger partial charge in [0.15, 0.2) is 0 Å². The predicted octanol–water partition coefficient (Wildman–Crippen LogP) is 1.83. The van der Waals surface area contributed by atoms with E-state index in [1.54, 1.807) is 11.0 Å². The number of carbonyl (C=O) groups is 2. The third-order valence-corrected chi connectivity index (χ3v) is 5.02. The second kappa shape index (κ2) is 4.52. The third kappa shape index (κ3) is 1.82. The van der Waals surface area contributed by atoms with E-state index in [1.165, 1.54) is 18.4 Å². The van der Waals surface area contributed by atoms with Gasteiger partial charge >= 0.3 is 5.97 Å². The minimum atomic E-state index is -0.789. The number of nitrogens with zero attached hydrogens (tertiary/aromatic N) is 1. The summed E-state index contributed by atoms with van der Waals surface area (Å²) in [7, 11) is 1.54. The molecule has 3 unspecified atom stereocenters. The van der Waals surface area contributed by atoms with Gasteiger partial charge in [-0.2, -0.15) is 0 Å². The van der Waals surface area contributed by atoms with E-state index < -0.39 is 11.9 Å². The smallest absolute Gasteiger partial charge is 0.308 e. The van der Waals surface area contributed by atoms with Crippen molar-refractivity contribution >= 4 is 23.2 Å². The molecule has 5 nitrogen and oxygen atoms in total. The number of rotatable bonds is 3. The monoisotopic (exact) mass is 281 g/mol. The van der Waals surface area contributed by atoms with Crippen molar-refractivity contribution in [2.75, 3.05) is 7.11 Å². The molecule has 0 aliphatic carbocycles. The molecule has 102 valence electrons. The van der Waals surface area contributed by atoms with Crippen LogP contribution in [-0.4, -0.2) is 41.1 Å². The van der Waals surface area contributed by atoms with Gasteiger partial charge in [-0.25, -0.2) is 0 Å². The van der Waals surface area contributed by atoms with E-state index in [9.17, 15) is 14.7 Å². The summed E-state index contributed by atoms with van der Waals surface area (Å²) >= 11 is 1.35. The van der Waals surface area contributed by atoms with E-state index in [0.29, 0.717) is 17.0 Å². The van der Waals surface area contributed by atoms with Crippen LogP contribution >= 0.6 is 11.3 Å². The maximum atomic E-state index is 12.6. The van der Waals surface area contributed by atoms with Crippen LogP contribution in [0.4, 0.5) is 0 Å². The van der Waals surface area contributed by atoms with Crippen molar-refractivity contribution in [2.24, 2.45) is 5.92 Å². The molecule has 1 aromatic heterocycles. The number of methoxy groups -OCH3 is 1. The van der Waals surface area contributed by atoms with E-state index in [4.69, 9.17) is 4.74 Å². The molecule has 2 saturated heterocycles. The number of ether oxygens (including phenoxy) is 1. The molecule has 0 radical (unpaired) electrons. The van der Waals surface area contributed by atoms with Crippen molar-refractivity contribution in [3.05, 3.63) is 16.3 Å². The number of amides is 1. The van der Waals surface area contributed by atoms with E-state index in [0.717, 1.165) is 12.8 Å². The molecule has 1 N–H and O–H groups in total. The number of hydrogen-bond acceptors (Lipinski definition) is 4. The molecule has 19 heavy (non-hydrogen) atoms. The van der Waals surface area contributed by atoms with E-state index in [-0.39, 0.29) is 18.0 Å². The van der Waals surface area contributed by atoms with Crippen molar-refractivity contribution < 1.29 is 19.4 Å². The maximum Gasteiger partial charge on any atom is 0.308 e. The van der Waals surface area contributed by atoms with Crippen LogP contribution in [0, 0.1) is 5.92 Å². The lowest BCUT2D eigenvalue weighted by Crippen LogP contribution is -2.37. The Hall–Kier alpha value is -1.56. The number of aliphatic carboxylic acids is 1. The van der Waals surface area contributed by atoms with Gasteiger partial charge in [-0.05, 0) is 30.7 Å². The number of carboxylic acid groups (broad SMARTS) is 1. The first-order valence-electron chi connectivity index (χ1n) is 6.30. The molecule has 1 amide bonds. The van der Waals surface area contributed by atoms with E-state index >= 15 is 0 Å². The normalized spacial score (nSPS) is 28.7. The van der Waals surface area contributed by atoms with Crippen molar-refractivity contribution in [1.29, 1.82) is 0 Å². The lowest BCUT2D eigenvalue weighted by molar-refractivity contribution is -0.142. The molecule has 0 spiro atoms. The Morgan fingerprint density at radius 3 is 2.89 bits per heavy atom. The summed E-state index contributed by atoms with van der Waals surface area (Å²) in [5.74, 6) is -0.701. The molecular weight excluding hydrogens is 266 g/mol. The molecule has 3 rings (SSSR count). The minimum Gasteiger partial charge on any atom is -0.495 e. The average Bonchev–Trinajstić information content (AvgIpc) is 3.11. The van der Waals surface area contributed by atoms with Gasteiger partial charge in [-0.15, -0.1) is 11.3 Å². The van der Waals surface area contributed by atoms with Crippen LogP contribution in [0.15, 0.2) is 11.4 Å². The van der Waals surface area contributed by atoms with Gasteiger partial charge in [0, 0.05) is 12.1 Å². The van der Waals surface area contributed by atoms with Crippen molar-refractivity contribution in [3.8, 4) is 5.75 Å². The second-order valence-electron chi connectivity index (χ2n) is 5.01. The molecule has 0 saturated carbocycles. The Bertz CT molecular complexity index is 526. The largest absolute Gasteiger partial charge is 0.495 e. The zero-order valence-electron chi connectivity index (χ0n) is 10.5. The van der Waals surface area contributed by atoms with E-state index in [1.807, 2.05) is 5.38 Å². The van der Waals surface area contributed by atoms with Crippen LogP contribution in [0.5, 0.6) is 5.75 Å². The van der Waals surface area contributed by atoms with Crippen LogP contribution in [-0.2, 0) is 4.79 Å². The first-order chi connectivity index (χ1) is 9.13. The summed E-state index contributed by atoms with van der Waals surface area (Å²) in [4.78, 5) is 26.1. The zero-order valence-corrected chi connectivity index (χ0v) is 11.4. The van der Waals surface area contributed by atoms with Crippen LogP contribution in [0.1, 0.15) is 28.9 Å². The molecule has 3 atom stereocenters. The fraction of sp³-hybridized carbons (Fsp3) is 0.538. The van der Waals surface area contributed by atoms with E-state index in [2.05, 4.69) is 0 Å². The molecule has 2 aliphatic heterocycles. The average molecular weight is 281 g/mol. The summed E-state index contributed by atoms with van der Waals surface area (Å²) in [6, 6.07) is 1.69. The Morgan fingerprint density at radius 2 is 2.26 bits per heavy atom. The van der Waals surface area contributed by atoms with Gasteiger partial charge in [-0.3, -0.25) is 9.59 Å². The first kappa shape index (κ1) is 12.5. The summed E-state index contributed by atoms with van der Waals surface area (Å²) in [5.41, 5.74) is 0. The van der Waals surface area contributed by atoms with Gasteiger partial charge in [0.25, 0.3) is 5.91 Å². The Labute approximate surface area is 114 Å². The maximum absolute atomic E-state index is 12.6. The number of thiophene rings is 1. The molecule has 3 heterocycles. The Balaban J connectivity index is 1.87. The third-order valence-electron chi connectivity index (χ3n) is 4.13. The number of carboxylic acids is 1. The molecule has 2 aliphatic rings.